The highest BCUT2D eigenvalue weighted by Gasteiger charge is 2.42. The Hall–Kier alpha value is -3.07. The lowest BCUT2D eigenvalue weighted by atomic mass is 9.90. The Morgan fingerprint density at radius 3 is 2.79 bits per heavy atom. The Morgan fingerprint density at radius 1 is 1.15 bits per heavy atom. The summed E-state index contributed by atoms with van der Waals surface area (Å²) in [6, 6.07) is 13.5. The monoisotopic (exact) mass is 467 g/mol. The molecule has 2 aromatic carbocycles. The molecule has 1 fully saturated rings. The lowest BCUT2D eigenvalue weighted by Gasteiger charge is -2.42. The van der Waals surface area contributed by atoms with E-state index in [9.17, 15) is 10.2 Å². The number of β-amino-alcohol motifs (C(OH)–C–C–N with tert-alkyl or cyclic N) is 1. The molecule has 1 aromatic heterocycles. The van der Waals surface area contributed by atoms with Gasteiger partial charge in [-0.1, -0.05) is 18.2 Å². The Kier molecular flexibility index (Phi) is 7.72. The fourth-order valence-corrected chi connectivity index (χ4v) is 4.20. The number of aliphatic hydroxyl groups excluding tert-OH is 1. The smallest absolute Gasteiger partial charge is 0.161 e. The Bertz CT molecular complexity index is 1060. The first-order valence-corrected chi connectivity index (χ1v) is 11.5. The summed E-state index contributed by atoms with van der Waals surface area (Å²) in [7, 11) is 1.63. The predicted molar refractivity (Wildman–Crippen MR) is 128 cm³/mol. The summed E-state index contributed by atoms with van der Waals surface area (Å²) in [6.45, 7) is 4.83. The zero-order valence-corrected chi connectivity index (χ0v) is 19.8. The molecule has 0 saturated carbocycles. The molecule has 4 rings (SSSR count). The standard InChI is InChI=1S/C26H33N3O5/c1-20-4-3-5-22(14-20)34-18-26(31)17-29(10-8-25(26)30)16-21-6-7-23(24(15-21)32-2)33-13-12-28-11-9-27-19-28/h3-7,9,11,14-15,19,25,30-31H,8,10,12-13,16-18H2,1-2H3/t25-,26-/m0/s1. The summed E-state index contributed by atoms with van der Waals surface area (Å²) < 4.78 is 19.2. The van der Waals surface area contributed by atoms with Crippen molar-refractivity contribution in [3.63, 3.8) is 0 Å². The van der Waals surface area contributed by atoms with Gasteiger partial charge in [0.2, 0.25) is 0 Å². The molecule has 2 heterocycles. The van der Waals surface area contributed by atoms with Crippen LogP contribution < -0.4 is 14.2 Å². The maximum absolute atomic E-state index is 11.2. The van der Waals surface area contributed by atoms with E-state index in [1.807, 2.05) is 60.2 Å². The van der Waals surface area contributed by atoms with E-state index in [2.05, 4.69) is 9.88 Å². The van der Waals surface area contributed by atoms with Gasteiger partial charge in [-0.2, -0.15) is 0 Å². The van der Waals surface area contributed by atoms with Crippen molar-refractivity contribution in [2.75, 3.05) is 33.4 Å². The van der Waals surface area contributed by atoms with Gasteiger partial charge in [0.1, 0.15) is 24.6 Å². The van der Waals surface area contributed by atoms with Crippen molar-refractivity contribution in [2.24, 2.45) is 0 Å². The van der Waals surface area contributed by atoms with Gasteiger partial charge >= 0.3 is 0 Å². The number of aromatic nitrogens is 2. The van der Waals surface area contributed by atoms with E-state index in [0.29, 0.717) is 56.5 Å². The van der Waals surface area contributed by atoms with Gasteiger partial charge in [-0.05, 0) is 48.7 Å². The number of ether oxygens (including phenoxy) is 3. The molecule has 1 aliphatic heterocycles. The van der Waals surface area contributed by atoms with Crippen LogP contribution in [0.3, 0.4) is 0 Å². The van der Waals surface area contributed by atoms with E-state index in [-0.39, 0.29) is 6.61 Å². The van der Waals surface area contributed by atoms with Gasteiger partial charge in [0.25, 0.3) is 0 Å². The minimum Gasteiger partial charge on any atom is -0.493 e. The van der Waals surface area contributed by atoms with Gasteiger partial charge in [-0.3, -0.25) is 4.90 Å². The molecule has 0 radical (unpaired) electrons. The summed E-state index contributed by atoms with van der Waals surface area (Å²) in [4.78, 5) is 6.16. The molecule has 2 N–H and O–H groups in total. The number of aryl methyl sites for hydroxylation is 1. The fraction of sp³-hybridized carbons (Fsp3) is 0.423. The molecular weight excluding hydrogens is 434 g/mol. The van der Waals surface area contributed by atoms with E-state index in [1.165, 1.54) is 0 Å². The van der Waals surface area contributed by atoms with Crippen molar-refractivity contribution in [2.45, 2.75) is 38.1 Å². The van der Waals surface area contributed by atoms with Crippen LogP contribution in [0.1, 0.15) is 17.5 Å². The number of methoxy groups -OCH3 is 1. The van der Waals surface area contributed by atoms with Gasteiger partial charge in [-0.25, -0.2) is 4.98 Å². The quantitative estimate of drug-likeness (QED) is 0.474. The first-order chi connectivity index (χ1) is 16.4. The van der Waals surface area contributed by atoms with Gasteiger partial charge in [-0.15, -0.1) is 0 Å². The van der Waals surface area contributed by atoms with Crippen molar-refractivity contribution < 1.29 is 24.4 Å². The number of rotatable bonds is 10. The van der Waals surface area contributed by atoms with Crippen LogP contribution in [-0.4, -0.2) is 69.8 Å². The third kappa shape index (κ3) is 6.08. The molecule has 0 amide bonds. The zero-order valence-electron chi connectivity index (χ0n) is 19.8. The van der Waals surface area contributed by atoms with Crippen molar-refractivity contribution >= 4 is 0 Å². The molecule has 3 aromatic rings. The molecule has 0 bridgehead atoms. The maximum atomic E-state index is 11.2. The van der Waals surface area contributed by atoms with Gasteiger partial charge < -0.3 is 29.0 Å². The number of aliphatic hydroxyl groups is 2. The second-order valence-electron chi connectivity index (χ2n) is 8.86. The molecule has 182 valence electrons. The van der Waals surface area contributed by atoms with Crippen molar-refractivity contribution in [3.8, 4) is 17.2 Å². The molecule has 1 aliphatic rings. The van der Waals surface area contributed by atoms with Gasteiger partial charge in [0.15, 0.2) is 11.5 Å². The highest BCUT2D eigenvalue weighted by atomic mass is 16.5. The van der Waals surface area contributed by atoms with Crippen LogP contribution in [0.4, 0.5) is 0 Å². The van der Waals surface area contributed by atoms with Crippen LogP contribution in [0.5, 0.6) is 17.2 Å². The van der Waals surface area contributed by atoms with E-state index >= 15 is 0 Å². The van der Waals surface area contributed by atoms with Crippen molar-refractivity contribution in [1.29, 1.82) is 0 Å². The SMILES string of the molecule is COc1cc(CN2CC[C@H](O)[C@@](O)(COc3cccc(C)c3)C2)ccc1OCCn1ccnc1. The van der Waals surface area contributed by atoms with Crippen LogP contribution in [0.25, 0.3) is 0 Å². The maximum Gasteiger partial charge on any atom is 0.161 e. The highest BCUT2D eigenvalue weighted by molar-refractivity contribution is 5.43. The van der Waals surface area contributed by atoms with Crippen LogP contribution in [0.2, 0.25) is 0 Å². The average Bonchev–Trinajstić information content (AvgIpc) is 3.35. The average molecular weight is 468 g/mol. The van der Waals surface area contributed by atoms with E-state index in [0.717, 1.165) is 11.1 Å². The third-order valence-electron chi connectivity index (χ3n) is 6.12. The minimum absolute atomic E-state index is 0.0289. The highest BCUT2D eigenvalue weighted by Crippen LogP contribution is 2.30. The Labute approximate surface area is 200 Å². The molecule has 2 atom stereocenters. The number of imidazole rings is 1. The van der Waals surface area contributed by atoms with Crippen LogP contribution in [0.15, 0.2) is 61.2 Å². The molecule has 0 spiro atoms. The summed E-state index contributed by atoms with van der Waals surface area (Å²) in [6.07, 6.45) is 5.03. The number of hydrogen-bond acceptors (Lipinski definition) is 7. The molecule has 0 unspecified atom stereocenters. The van der Waals surface area contributed by atoms with Crippen LogP contribution in [-0.2, 0) is 13.1 Å². The zero-order chi connectivity index (χ0) is 24.0. The third-order valence-corrected chi connectivity index (χ3v) is 6.12. The number of nitrogens with zero attached hydrogens (tertiary/aromatic N) is 3. The van der Waals surface area contributed by atoms with Gasteiger partial charge in [0.05, 0.1) is 26.1 Å². The molecule has 8 heteroatoms. The van der Waals surface area contributed by atoms with Crippen molar-refractivity contribution in [3.05, 3.63) is 72.3 Å². The molecular formula is C26H33N3O5. The molecule has 1 saturated heterocycles. The Balaban J connectivity index is 1.35. The summed E-state index contributed by atoms with van der Waals surface area (Å²) in [5, 5.41) is 21.7. The lowest BCUT2D eigenvalue weighted by Crippen LogP contribution is -2.59. The van der Waals surface area contributed by atoms with E-state index in [1.54, 1.807) is 19.6 Å². The number of likely N-dealkylation sites (tertiary alicyclic amines) is 1. The summed E-state index contributed by atoms with van der Waals surface area (Å²) in [5.41, 5.74) is 0.776. The second-order valence-corrected chi connectivity index (χ2v) is 8.86. The van der Waals surface area contributed by atoms with E-state index < -0.39 is 11.7 Å². The van der Waals surface area contributed by atoms with Crippen LogP contribution >= 0.6 is 0 Å². The number of benzene rings is 2. The van der Waals surface area contributed by atoms with Crippen molar-refractivity contribution in [1.82, 2.24) is 14.5 Å². The topological polar surface area (TPSA) is 89.2 Å². The van der Waals surface area contributed by atoms with Gasteiger partial charge in [0, 0.05) is 32.0 Å². The fourth-order valence-electron chi connectivity index (χ4n) is 4.20. The molecule has 8 nitrogen and oxygen atoms in total. The second kappa shape index (κ2) is 10.9. The summed E-state index contributed by atoms with van der Waals surface area (Å²) >= 11 is 0. The van der Waals surface area contributed by atoms with Crippen LogP contribution in [0, 0.1) is 6.92 Å². The Morgan fingerprint density at radius 2 is 2.03 bits per heavy atom. The number of piperidine rings is 1. The lowest BCUT2D eigenvalue weighted by molar-refractivity contribution is -0.140. The normalized spacial score (nSPS) is 20.8. The predicted octanol–water partition coefficient (Wildman–Crippen LogP) is 2.66. The number of hydrogen-bond donors (Lipinski definition) is 2. The largest absolute Gasteiger partial charge is 0.493 e. The first-order valence-electron chi connectivity index (χ1n) is 11.5. The van der Waals surface area contributed by atoms with E-state index in [4.69, 9.17) is 14.2 Å². The minimum atomic E-state index is -1.34. The molecule has 0 aliphatic carbocycles. The first kappa shape index (κ1) is 24.1. The summed E-state index contributed by atoms with van der Waals surface area (Å²) in [5.74, 6) is 2.04. The molecule has 34 heavy (non-hydrogen) atoms.